The Balaban J connectivity index is 1.45. The molecule has 1 aromatic heterocycles. The van der Waals surface area contributed by atoms with Gasteiger partial charge >= 0.3 is 5.97 Å². The van der Waals surface area contributed by atoms with E-state index in [0.717, 1.165) is 19.4 Å². The van der Waals surface area contributed by atoms with Gasteiger partial charge in [0, 0.05) is 18.6 Å². The molecule has 0 unspecified atom stereocenters. The lowest BCUT2D eigenvalue weighted by molar-refractivity contribution is -0.140. The molecule has 2 saturated carbocycles. The van der Waals surface area contributed by atoms with E-state index in [0.29, 0.717) is 5.92 Å². The van der Waals surface area contributed by atoms with Crippen LogP contribution in [0.1, 0.15) is 38.6 Å². The molecule has 1 amide bonds. The molecule has 0 aromatic carbocycles. The van der Waals surface area contributed by atoms with E-state index >= 15 is 0 Å². The Labute approximate surface area is 134 Å². The average molecular weight is 321 g/mol. The zero-order valence-electron chi connectivity index (χ0n) is 13.3. The Hall–Kier alpha value is -1.96. The van der Waals surface area contributed by atoms with Gasteiger partial charge in [-0.3, -0.25) is 14.5 Å². The van der Waals surface area contributed by atoms with Crippen LogP contribution in [-0.2, 0) is 9.59 Å². The predicted octanol–water partition coefficient (Wildman–Crippen LogP) is 0.283. The van der Waals surface area contributed by atoms with Crippen molar-refractivity contribution >= 4 is 11.9 Å². The summed E-state index contributed by atoms with van der Waals surface area (Å²) in [6, 6.07) is -0.00854. The van der Waals surface area contributed by atoms with Crippen LogP contribution in [0.5, 0.6) is 0 Å². The number of aliphatic carboxylic acids is 1. The van der Waals surface area contributed by atoms with Gasteiger partial charge in [0.15, 0.2) is 0 Å². The Morgan fingerprint density at radius 2 is 2.17 bits per heavy atom. The molecule has 2 aliphatic carbocycles. The first-order chi connectivity index (χ1) is 11.0. The molecule has 2 N–H and O–H groups in total. The van der Waals surface area contributed by atoms with E-state index in [1.54, 1.807) is 6.92 Å². The Morgan fingerprint density at radius 1 is 1.43 bits per heavy atom. The van der Waals surface area contributed by atoms with E-state index in [4.69, 9.17) is 5.11 Å². The lowest BCUT2D eigenvalue weighted by atomic mass is 9.85. The molecule has 126 valence electrons. The second-order valence-electron chi connectivity index (χ2n) is 6.65. The van der Waals surface area contributed by atoms with Crippen molar-refractivity contribution in [3.8, 4) is 0 Å². The van der Waals surface area contributed by atoms with Gasteiger partial charge in [-0.25, -0.2) is 9.67 Å². The predicted molar refractivity (Wildman–Crippen MR) is 81.6 cm³/mol. The highest BCUT2D eigenvalue weighted by molar-refractivity contribution is 5.80. The first-order valence-electron chi connectivity index (χ1n) is 8.13. The molecule has 23 heavy (non-hydrogen) atoms. The molecular weight excluding hydrogens is 298 g/mol. The third-order valence-electron chi connectivity index (χ3n) is 4.72. The van der Waals surface area contributed by atoms with Gasteiger partial charge in [0.1, 0.15) is 18.7 Å². The second-order valence-corrected chi connectivity index (χ2v) is 6.65. The van der Waals surface area contributed by atoms with Gasteiger partial charge in [0.2, 0.25) is 5.91 Å². The number of rotatable bonds is 8. The minimum atomic E-state index is -0.780. The van der Waals surface area contributed by atoms with Gasteiger partial charge in [-0.2, -0.15) is 5.10 Å². The van der Waals surface area contributed by atoms with Crippen molar-refractivity contribution < 1.29 is 14.7 Å². The standard InChI is InChI=1S/C15H23N5O3/c1-10(20-9-16-8-17-20)15(23)18-12-4-13(5-12)19(7-14(21)22)6-11-2-3-11/h8-13H,2-7H2,1H3,(H,18,23)(H,21,22)/t10-,12?,13?/m0/s1. The van der Waals surface area contributed by atoms with E-state index in [1.165, 1.54) is 30.2 Å². The molecule has 2 aliphatic rings. The van der Waals surface area contributed by atoms with Crippen molar-refractivity contribution in [3.05, 3.63) is 12.7 Å². The molecule has 8 nitrogen and oxygen atoms in total. The molecule has 1 aromatic rings. The molecule has 1 heterocycles. The van der Waals surface area contributed by atoms with Crippen LogP contribution in [0.4, 0.5) is 0 Å². The summed E-state index contributed by atoms with van der Waals surface area (Å²) in [4.78, 5) is 29.1. The first-order valence-corrected chi connectivity index (χ1v) is 8.13. The number of carboxylic acid groups (broad SMARTS) is 1. The van der Waals surface area contributed by atoms with E-state index in [2.05, 4.69) is 20.3 Å². The number of hydrogen-bond acceptors (Lipinski definition) is 5. The third-order valence-corrected chi connectivity index (χ3v) is 4.72. The normalized spacial score (nSPS) is 25.0. The Bertz CT molecular complexity index is 551. The van der Waals surface area contributed by atoms with Crippen molar-refractivity contribution in [3.63, 3.8) is 0 Å². The van der Waals surface area contributed by atoms with Crippen LogP contribution in [-0.4, -0.2) is 61.8 Å². The summed E-state index contributed by atoms with van der Waals surface area (Å²) in [5.41, 5.74) is 0. The molecule has 8 heteroatoms. The number of carboxylic acids is 1. The maximum absolute atomic E-state index is 12.2. The van der Waals surface area contributed by atoms with E-state index in [9.17, 15) is 9.59 Å². The van der Waals surface area contributed by atoms with Gasteiger partial charge in [-0.1, -0.05) is 0 Å². The fourth-order valence-electron chi connectivity index (χ4n) is 3.01. The molecule has 3 rings (SSSR count). The van der Waals surface area contributed by atoms with Crippen molar-refractivity contribution in [2.45, 2.75) is 50.7 Å². The van der Waals surface area contributed by atoms with Crippen LogP contribution in [0.25, 0.3) is 0 Å². The molecule has 0 radical (unpaired) electrons. The number of carbonyl (C=O) groups excluding carboxylic acids is 1. The zero-order valence-corrected chi connectivity index (χ0v) is 13.3. The molecule has 0 spiro atoms. The highest BCUT2D eigenvalue weighted by Crippen LogP contribution is 2.33. The molecule has 0 saturated heterocycles. The van der Waals surface area contributed by atoms with Crippen molar-refractivity contribution in [2.24, 2.45) is 5.92 Å². The monoisotopic (exact) mass is 321 g/mol. The lowest BCUT2D eigenvalue weighted by Gasteiger charge is -2.43. The molecular formula is C15H23N5O3. The van der Waals surface area contributed by atoms with E-state index < -0.39 is 12.0 Å². The highest BCUT2D eigenvalue weighted by Gasteiger charge is 2.38. The quantitative estimate of drug-likeness (QED) is 0.713. The SMILES string of the molecule is C[C@@H](C(=O)NC1CC(N(CC(=O)O)CC2CC2)C1)n1cncn1. The largest absolute Gasteiger partial charge is 0.480 e. The summed E-state index contributed by atoms with van der Waals surface area (Å²) in [5.74, 6) is -0.195. The average Bonchev–Trinajstić information content (AvgIpc) is 3.10. The lowest BCUT2D eigenvalue weighted by Crippen LogP contribution is -2.56. The molecule has 0 bridgehead atoms. The topological polar surface area (TPSA) is 100 Å². The summed E-state index contributed by atoms with van der Waals surface area (Å²) in [5, 5.41) is 16.0. The number of nitrogens with zero attached hydrogens (tertiary/aromatic N) is 4. The molecule has 1 atom stereocenters. The number of nitrogens with one attached hydrogen (secondary N) is 1. The van der Waals surface area contributed by atoms with Gasteiger partial charge in [0.25, 0.3) is 0 Å². The smallest absolute Gasteiger partial charge is 0.317 e. The minimum Gasteiger partial charge on any atom is -0.480 e. The number of hydrogen-bond donors (Lipinski definition) is 2. The Kier molecular flexibility index (Phi) is 4.61. The van der Waals surface area contributed by atoms with Gasteiger partial charge in [-0.15, -0.1) is 0 Å². The maximum Gasteiger partial charge on any atom is 0.317 e. The van der Waals surface area contributed by atoms with Crippen LogP contribution < -0.4 is 5.32 Å². The van der Waals surface area contributed by atoms with Crippen molar-refractivity contribution in [1.29, 1.82) is 0 Å². The van der Waals surface area contributed by atoms with Crippen LogP contribution in [0, 0.1) is 5.92 Å². The van der Waals surface area contributed by atoms with E-state index in [1.807, 2.05) is 0 Å². The maximum atomic E-state index is 12.2. The fraction of sp³-hybridized carbons (Fsp3) is 0.733. The van der Waals surface area contributed by atoms with Gasteiger partial charge in [0.05, 0.1) is 6.54 Å². The summed E-state index contributed by atoms with van der Waals surface area (Å²) >= 11 is 0. The van der Waals surface area contributed by atoms with E-state index in [-0.39, 0.29) is 24.5 Å². The van der Waals surface area contributed by atoms with Crippen LogP contribution in [0.2, 0.25) is 0 Å². The first kappa shape index (κ1) is 15.9. The number of aromatic nitrogens is 3. The number of carbonyl (C=O) groups is 2. The Morgan fingerprint density at radius 3 is 2.74 bits per heavy atom. The third kappa shape index (κ3) is 4.07. The van der Waals surface area contributed by atoms with Crippen molar-refractivity contribution in [1.82, 2.24) is 25.0 Å². The second kappa shape index (κ2) is 6.66. The van der Waals surface area contributed by atoms with Crippen LogP contribution >= 0.6 is 0 Å². The van der Waals surface area contributed by atoms with Gasteiger partial charge < -0.3 is 10.4 Å². The zero-order chi connectivity index (χ0) is 16.4. The van der Waals surface area contributed by atoms with Crippen LogP contribution in [0.15, 0.2) is 12.7 Å². The summed E-state index contributed by atoms with van der Waals surface area (Å²) in [7, 11) is 0. The highest BCUT2D eigenvalue weighted by atomic mass is 16.4. The fourth-order valence-corrected chi connectivity index (χ4v) is 3.01. The van der Waals surface area contributed by atoms with Crippen LogP contribution in [0.3, 0.4) is 0 Å². The summed E-state index contributed by atoms with van der Waals surface area (Å²) in [6.45, 7) is 2.74. The minimum absolute atomic E-state index is 0.0778. The number of amides is 1. The molecule has 2 fully saturated rings. The molecule has 0 aliphatic heterocycles. The summed E-state index contributed by atoms with van der Waals surface area (Å²) in [6.07, 6.45) is 6.98. The summed E-state index contributed by atoms with van der Waals surface area (Å²) < 4.78 is 1.52. The van der Waals surface area contributed by atoms with Gasteiger partial charge in [-0.05, 0) is 38.5 Å². The van der Waals surface area contributed by atoms with Crippen molar-refractivity contribution in [2.75, 3.05) is 13.1 Å².